The molecule has 0 saturated carbocycles. The topological polar surface area (TPSA) is 49.3 Å². The highest BCUT2D eigenvalue weighted by atomic mass is 79.9. The van der Waals surface area contributed by atoms with Gasteiger partial charge in [-0.3, -0.25) is 4.79 Å². The molecular formula is C14H11BrFNO2. The molecule has 0 aromatic heterocycles. The number of carbonyl (C=O) groups excluding carboxylic acids is 1. The maximum Gasteiger partial charge on any atom is 0.258 e. The number of phenolic OH excluding ortho intramolecular Hbond substituents is 1. The number of aromatic hydroxyl groups is 1. The molecule has 2 N–H and O–H groups in total. The molecule has 0 radical (unpaired) electrons. The van der Waals surface area contributed by atoms with E-state index < -0.39 is 11.7 Å². The van der Waals surface area contributed by atoms with Crippen molar-refractivity contribution >= 4 is 27.5 Å². The molecule has 98 valence electrons. The Morgan fingerprint density at radius 3 is 2.63 bits per heavy atom. The van der Waals surface area contributed by atoms with E-state index in [1.807, 2.05) is 6.92 Å². The van der Waals surface area contributed by atoms with Crippen molar-refractivity contribution in [2.75, 3.05) is 5.32 Å². The second kappa shape index (κ2) is 5.40. The molecule has 0 bridgehead atoms. The van der Waals surface area contributed by atoms with Crippen molar-refractivity contribution in [3.05, 3.63) is 57.8 Å². The summed E-state index contributed by atoms with van der Waals surface area (Å²) in [7, 11) is 0. The van der Waals surface area contributed by atoms with E-state index in [4.69, 9.17) is 0 Å². The quantitative estimate of drug-likeness (QED) is 0.824. The first-order chi connectivity index (χ1) is 8.97. The zero-order valence-electron chi connectivity index (χ0n) is 10.1. The van der Waals surface area contributed by atoms with Crippen LogP contribution in [0.1, 0.15) is 15.9 Å². The van der Waals surface area contributed by atoms with E-state index in [2.05, 4.69) is 21.2 Å². The van der Waals surface area contributed by atoms with Crippen LogP contribution >= 0.6 is 15.9 Å². The summed E-state index contributed by atoms with van der Waals surface area (Å²) in [5.41, 5.74) is 1.03. The molecule has 0 fully saturated rings. The monoisotopic (exact) mass is 323 g/mol. The maximum absolute atomic E-state index is 13.6. The average Bonchev–Trinajstić information content (AvgIpc) is 2.32. The van der Waals surface area contributed by atoms with Gasteiger partial charge in [0, 0.05) is 4.47 Å². The number of halogens is 2. The molecule has 2 aromatic rings. The third kappa shape index (κ3) is 3.12. The van der Waals surface area contributed by atoms with Crippen molar-refractivity contribution in [2.24, 2.45) is 0 Å². The van der Waals surface area contributed by atoms with Crippen molar-refractivity contribution < 1.29 is 14.3 Å². The lowest BCUT2D eigenvalue weighted by molar-refractivity contribution is 0.102. The lowest BCUT2D eigenvalue weighted by atomic mass is 10.1. The number of hydrogen-bond acceptors (Lipinski definition) is 2. The number of rotatable bonds is 2. The molecule has 0 spiro atoms. The second-order valence-electron chi connectivity index (χ2n) is 4.10. The van der Waals surface area contributed by atoms with Gasteiger partial charge in [0.05, 0.1) is 11.3 Å². The van der Waals surface area contributed by atoms with E-state index in [1.165, 1.54) is 18.2 Å². The van der Waals surface area contributed by atoms with Crippen LogP contribution < -0.4 is 5.32 Å². The standard InChI is InChI=1S/C14H11BrFNO2/c1-8-2-5-12(13(18)6-8)17-14(19)10-4-3-9(15)7-11(10)16/h2-7,18H,1H3,(H,17,19). The largest absolute Gasteiger partial charge is 0.506 e. The molecule has 0 aliphatic heterocycles. The predicted octanol–water partition coefficient (Wildman–Crippen LogP) is 3.85. The van der Waals surface area contributed by atoms with Crippen LogP contribution in [0, 0.1) is 12.7 Å². The zero-order chi connectivity index (χ0) is 14.0. The fraction of sp³-hybridized carbons (Fsp3) is 0.0714. The lowest BCUT2D eigenvalue weighted by Gasteiger charge is -2.08. The Morgan fingerprint density at radius 1 is 1.26 bits per heavy atom. The Balaban J connectivity index is 2.25. The van der Waals surface area contributed by atoms with Gasteiger partial charge in [-0.25, -0.2) is 4.39 Å². The fourth-order valence-corrected chi connectivity index (χ4v) is 1.94. The Morgan fingerprint density at radius 2 is 2.00 bits per heavy atom. The molecule has 0 atom stereocenters. The SMILES string of the molecule is Cc1ccc(NC(=O)c2ccc(Br)cc2F)c(O)c1. The third-order valence-corrected chi connectivity index (χ3v) is 3.07. The second-order valence-corrected chi connectivity index (χ2v) is 5.01. The third-order valence-electron chi connectivity index (χ3n) is 2.58. The van der Waals surface area contributed by atoms with Crippen LogP contribution in [0.5, 0.6) is 5.75 Å². The maximum atomic E-state index is 13.6. The zero-order valence-corrected chi connectivity index (χ0v) is 11.7. The van der Waals surface area contributed by atoms with Gasteiger partial charge in [-0.2, -0.15) is 0 Å². The summed E-state index contributed by atoms with van der Waals surface area (Å²) < 4.78 is 14.2. The van der Waals surface area contributed by atoms with Crippen LogP contribution in [0.15, 0.2) is 40.9 Å². The number of nitrogens with one attached hydrogen (secondary N) is 1. The molecule has 5 heteroatoms. The molecule has 3 nitrogen and oxygen atoms in total. The van der Waals surface area contributed by atoms with Crippen molar-refractivity contribution in [2.45, 2.75) is 6.92 Å². The number of carbonyl (C=O) groups is 1. The van der Waals surface area contributed by atoms with E-state index in [9.17, 15) is 14.3 Å². The minimum absolute atomic E-state index is 0.0501. The van der Waals surface area contributed by atoms with Crippen LogP contribution in [0.3, 0.4) is 0 Å². The minimum atomic E-state index is -0.626. The molecular weight excluding hydrogens is 313 g/mol. The van der Waals surface area contributed by atoms with Gasteiger partial charge in [-0.1, -0.05) is 22.0 Å². The van der Waals surface area contributed by atoms with Gasteiger partial charge in [0.2, 0.25) is 0 Å². The Hall–Kier alpha value is -1.88. The van der Waals surface area contributed by atoms with E-state index in [0.717, 1.165) is 5.56 Å². The van der Waals surface area contributed by atoms with Gasteiger partial charge in [0.25, 0.3) is 5.91 Å². The molecule has 1 amide bonds. The van der Waals surface area contributed by atoms with Gasteiger partial charge < -0.3 is 10.4 Å². The number of anilines is 1. The molecule has 0 aliphatic rings. The summed E-state index contributed by atoms with van der Waals surface area (Å²) in [6, 6.07) is 9.00. The van der Waals surface area contributed by atoms with Crippen LogP contribution in [0.2, 0.25) is 0 Å². The Kier molecular flexibility index (Phi) is 3.85. The summed E-state index contributed by atoms with van der Waals surface area (Å²) in [5, 5.41) is 12.2. The molecule has 0 aliphatic carbocycles. The molecule has 0 unspecified atom stereocenters. The van der Waals surface area contributed by atoms with Crippen LogP contribution in [0.25, 0.3) is 0 Å². The lowest BCUT2D eigenvalue weighted by Crippen LogP contribution is -2.13. The molecule has 0 saturated heterocycles. The highest BCUT2D eigenvalue weighted by molar-refractivity contribution is 9.10. The summed E-state index contributed by atoms with van der Waals surface area (Å²) in [5.74, 6) is -1.28. The summed E-state index contributed by atoms with van der Waals surface area (Å²) >= 11 is 3.12. The van der Waals surface area contributed by atoms with Gasteiger partial charge in [0.15, 0.2) is 0 Å². The number of phenols is 1. The van der Waals surface area contributed by atoms with E-state index in [0.29, 0.717) is 4.47 Å². The minimum Gasteiger partial charge on any atom is -0.506 e. The van der Waals surface area contributed by atoms with E-state index >= 15 is 0 Å². The first-order valence-corrected chi connectivity index (χ1v) is 6.32. The van der Waals surface area contributed by atoms with Crippen LogP contribution in [0.4, 0.5) is 10.1 Å². The van der Waals surface area contributed by atoms with E-state index in [1.54, 1.807) is 18.2 Å². The first-order valence-electron chi connectivity index (χ1n) is 5.53. The Labute approximate surface area is 118 Å². The number of aryl methyl sites for hydroxylation is 1. The normalized spacial score (nSPS) is 10.3. The number of hydrogen-bond donors (Lipinski definition) is 2. The number of benzene rings is 2. The van der Waals surface area contributed by atoms with Gasteiger partial charge >= 0.3 is 0 Å². The highest BCUT2D eigenvalue weighted by Gasteiger charge is 2.13. The molecule has 2 aromatic carbocycles. The van der Waals surface area contributed by atoms with Gasteiger partial charge in [-0.15, -0.1) is 0 Å². The highest BCUT2D eigenvalue weighted by Crippen LogP contribution is 2.25. The van der Waals surface area contributed by atoms with Crippen molar-refractivity contribution in [1.82, 2.24) is 0 Å². The molecule has 2 rings (SSSR count). The molecule has 0 heterocycles. The fourth-order valence-electron chi connectivity index (χ4n) is 1.61. The predicted molar refractivity (Wildman–Crippen MR) is 74.9 cm³/mol. The summed E-state index contributed by atoms with van der Waals surface area (Å²) in [4.78, 5) is 11.9. The Bertz CT molecular complexity index is 643. The first kappa shape index (κ1) is 13.5. The van der Waals surface area contributed by atoms with Crippen LogP contribution in [-0.2, 0) is 0 Å². The van der Waals surface area contributed by atoms with Crippen LogP contribution in [-0.4, -0.2) is 11.0 Å². The van der Waals surface area contributed by atoms with E-state index in [-0.39, 0.29) is 17.0 Å². The average molecular weight is 324 g/mol. The number of amides is 1. The van der Waals surface area contributed by atoms with Crippen molar-refractivity contribution in [3.8, 4) is 5.75 Å². The van der Waals surface area contributed by atoms with Crippen molar-refractivity contribution in [1.29, 1.82) is 0 Å². The smallest absolute Gasteiger partial charge is 0.258 e. The van der Waals surface area contributed by atoms with Gasteiger partial charge in [0.1, 0.15) is 11.6 Å². The molecule has 19 heavy (non-hydrogen) atoms. The summed E-state index contributed by atoms with van der Waals surface area (Å²) in [6.45, 7) is 1.82. The van der Waals surface area contributed by atoms with Crippen molar-refractivity contribution in [3.63, 3.8) is 0 Å². The van der Waals surface area contributed by atoms with Gasteiger partial charge in [-0.05, 0) is 42.8 Å². The summed E-state index contributed by atoms with van der Waals surface area (Å²) in [6.07, 6.45) is 0.